The summed E-state index contributed by atoms with van der Waals surface area (Å²) in [5.74, 6) is 0.965. The molecular weight excluding hydrogens is 348 g/mol. The van der Waals surface area contributed by atoms with Gasteiger partial charge in [-0.05, 0) is 37.3 Å². The molecule has 5 heteroatoms. The van der Waals surface area contributed by atoms with Gasteiger partial charge in [0.05, 0.1) is 30.0 Å². The lowest BCUT2D eigenvalue weighted by Gasteiger charge is -2.21. The maximum Gasteiger partial charge on any atom is 0.111 e. The van der Waals surface area contributed by atoms with E-state index in [0.29, 0.717) is 0 Å². The molecule has 0 unspecified atom stereocenters. The molecule has 2 aromatic rings. The minimum Gasteiger partial charge on any atom is -0.379 e. The Hall–Kier alpha value is -2.76. The number of allylic oxidation sites excluding steroid dienone is 6. The number of imidazole rings is 1. The van der Waals surface area contributed by atoms with Gasteiger partial charge in [-0.2, -0.15) is 0 Å². The Bertz CT molecular complexity index is 927. The molecule has 2 aliphatic rings. The van der Waals surface area contributed by atoms with Crippen molar-refractivity contribution in [1.29, 1.82) is 0 Å². The molecule has 1 aliphatic carbocycles. The smallest absolute Gasteiger partial charge is 0.111 e. The van der Waals surface area contributed by atoms with Crippen molar-refractivity contribution in [3.63, 3.8) is 0 Å². The number of fused-ring (bicyclic) bond motifs is 1. The highest BCUT2D eigenvalue weighted by Gasteiger charge is 2.06. The van der Waals surface area contributed by atoms with Gasteiger partial charge in [0.1, 0.15) is 5.82 Å². The summed E-state index contributed by atoms with van der Waals surface area (Å²) >= 11 is 0. The average Bonchev–Trinajstić information content (AvgIpc) is 3.13. The lowest BCUT2D eigenvalue weighted by Crippen LogP contribution is -2.32. The quantitative estimate of drug-likeness (QED) is 0.881. The molecule has 0 amide bonds. The Morgan fingerprint density at radius 2 is 2.04 bits per heavy atom. The summed E-state index contributed by atoms with van der Waals surface area (Å²) in [5.41, 5.74) is 5.35. The molecule has 0 bridgehead atoms. The van der Waals surface area contributed by atoms with Gasteiger partial charge in [0, 0.05) is 25.7 Å². The van der Waals surface area contributed by atoms with Crippen LogP contribution in [0, 0.1) is 6.92 Å². The summed E-state index contributed by atoms with van der Waals surface area (Å²) in [6.07, 6.45) is 12.5. The first-order valence-electron chi connectivity index (χ1n) is 9.62. The van der Waals surface area contributed by atoms with Crippen molar-refractivity contribution in [1.82, 2.24) is 14.9 Å². The van der Waals surface area contributed by atoms with E-state index in [1.807, 2.05) is 24.3 Å². The standard InChI is InChI=1S/C18H17N3.C5H11NO/c1-3-19-15-9-5-4-8-14(15)11-12-17-20-16-10-6-7-13(2)18(16)21-17;1-6-2-4-7-5-3-6/h3-11H,1,12H2,2H3,(H,20,21);2-5H2,1H3/b14-11-,19-15?;. The molecule has 1 aromatic heterocycles. The molecule has 1 fully saturated rings. The highest BCUT2D eigenvalue weighted by Crippen LogP contribution is 2.17. The Labute approximate surface area is 166 Å². The van der Waals surface area contributed by atoms with Gasteiger partial charge in [-0.15, -0.1) is 0 Å². The van der Waals surface area contributed by atoms with Gasteiger partial charge >= 0.3 is 0 Å². The fourth-order valence-electron chi connectivity index (χ4n) is 3.06. The molecule has 4 rings (SSSR count). The lowest BCUT2D eigenvalue weighted by atomic mass is 10.0. The van der Waals surface area contributed by atoms with Crippen LogP contribution in [-0.4, -0.2) is 53.9 Å². The Kier molecular flexibility index (Phi) is 7.12. The Balaban J connectivity index is 0.000000271. The molecule has 1 saturated heterocycles. The van der Waals surface area contributed by atoms with Crippen LogP contribution < -0.4 is 0 Å². The van der Waals surface area contributed by atoms with E-state index in [-0.39, 0.29) is 0 Å². The van der Waals surface area contributed by atoms with Crippen LogP contribution >= 0.6 is 0 Å². The van der Waals surface area contributed by atoms with Crippen molar-refractivity contribution in [2.45, 2.75) is 13.3 Å². The number of aryl methyl sites for hydroxylation is 1. The van der Waals surface area contributed by atoms with Crippen LogP contribution in [0.5, 0.6) is 0 Å². The number of ether oxygens (including phenoxy) is 1. The van der Waals surface area contributed by atoms with Crippen molar-refractivity contribution >= 4 is 16.7 Å². The van der Waals surface area contributed by atoms with Crippen molar-refractivity contribution in [3.05, 3.63) is 78.3 Å². The third-order valence-corrected chi connectivity index (χ3v) is 4.68. The molecule has 0 saturated carbocycles. The zero-order valence-corrected chi connectivity index (χ0v) is 16.7. The predicted octanol–water partition coefficient (Wildman–Crippen LogP) is 4.00. The zero-order valence-electron chi connectivity index (χ0n) is 16.7. The van der Waals surface area contributed by atoms with Gasteiger partial charge in [0.2, 0.25) is 0 Å². The Morgan fingerprint density at radius 3 is 2.71 bits per heavy atom. The number of hydrogen-bond donors (Lipinski definition) is 1. The number of aromatic amines is 1. The second kappa shape index (κ2) is 9.97. The summed E-state index contributed by atoms with van der Waals surface area (Å²) in [6, 6.07) is 6.18. The molecule has 0 radical (unpaired) electrons. The van der Waals surface area contributed by atoms with Crippen molar-refractivity contribution in [3.8, 4) is 0 Å². The normalized spacial score (nSPS) is 19.8. The van der Waals surface area contributed by atoms with Crippen molar-refractivity contribution in [2.75, 3.05) is 33.4 Å². The number of rotatable bonds is 3. The summed E-state index contributed by atoms with van der Waals surface area (Å²) in [6.45, 7) is 9.75. The second-order valence-electron chi connectivity index (χ2n) is 6.85. The number of likely N-dealkylation sites (N-methyl/N-ethyl adjacent to an activating group) is 1. The van der Waals surface area contributed by atoms with Gasteiger partial charge in [0.15, 0.2) is 0 Å². The van der Waals surface area contributed by atoms with E-state index in [2.05, 4.69) is 64.7 Å². The van der Waals surface area contributed by atoms with E-state index in [1.54, 1.807) is 6.20 Å². The molecule has 28 heavy (non-hydrogen) atoms. The lowest BCUT2D eigenvalue weighted by molar-refractivity contribution is 0.0503. The highest BCUT2D eigenvalue weighted by molar-refractivity contribution is 6.11. The van der Waals surface area contributed by atoms with Gasteiger partial charge < -0.3 is 14.6 Å². The summed E-state index contributed by atoms with van der Waals surface area (Å²) in [7, 11) is 2.11. The van der Waals surface area contributed by atoms with Crippen LogP contribution in [0.3, 0.4) is 0 Å². The number of H-pyrrole nitrogens is 1. The number of benzene rings is 1. The predicted molar refractivity (Wildman–Crippen MR) is 117 cm³/mol. The fourth-order valence-corrected chi connectivity index (χ4v) is 3.06. The first-order valence-corrected chi connectivity index (χ1v) is 9.62. The van der Waals surface area contributed by atoms with Crippen molar-refractivity contribution < 1.29 is 4.74 Å². The summed E-state index contributed by atoms with van der Waals surface area (Å²) in [4.78, 5) is 14.6. The second-order valence-corrected chi connectivity index (χ2v) is 6.85. The van der Waals surface area contributed by atoms with Crippen LogP contribution in [0.4, 0.5) is 0 Å². The largest absolute Gasteiger partial charge is 0.379 e. The molecule has 0 spiro atoms. The van der Waals surface area contributed by atoms with E-state index in [1.165, 1.54) is 5.56 Å². The number of morpholine rings is 1. The third-order valence-electron chi connectivity index (χ3n) is 4.68. The number of para-hydroxylation sites is 1. The van der Waals surface area contributed by atoms with E-state index < -0.39 is 0 Å². The molecule has 146 valence electrons. The number of aliphatic imine (C=N–C) groups is 1. The molecule has 1 aromatic carbocycles. The number of nitrogens with one attached hydrogen (secondary N) is 1. The van der Waals surface area contributed by atoms with Crippen LogP contribution in [-0.2, 0) is 11.2 Å². The topological polar surface area (TPSA) is 53.5 Å². The van der Waals surface area contributed by atoms with Crippen molar-refractivity contribution in [2.24, 2.45) is 4.99 Å². The zero-order chi connectivity index (χ0) is 19.8. The minimum atomic E-state index is 0.748. The van der Waals surface area contributed by atoms with Gasteiger partial charge in [-0.25, -0.2) is 4.98 Å². The van der Waals surface area contributed by atoms with E-state index >= 15 is 0 Å². The first kappa shape index (κ1) is 20.0. The third kappa shape index (κ3) is 5.38. The van der Waals surface area contributed by atoms with Crippen LogP contribution in [0.25, 0.3) is 11.0 Å². The number of hydrogen-bond acceptors (Lipinski definition) is 4. The molecule has 0 atom stereocenters. The molecule has 1 N–H and O–H groups in total. The summed E-state index contributed by atoms with van der Waals surface area (Å²) in [5, 5.41) is 0. The SMILES string of the molecule is C=CN=C1C=CC=C/C1=C/Cc1nc2c(C)cccc2[nH]1.CN1CCOCC1. The first-order chi connectivity index (χ1) is 13.7. The van der Waals surface area contributed by atoms with Gasteiger partial charge in [-0.1, -0.05) is 43.0 Å². The van der Waals surface area contributed by atoms with E-state index in [4.69, 9.17) is 4.74 Å². The molecule has 1 aliphatic heterocycles. The highest BCUT2D eigenvalue weighted by atomic mass is 16.5. The number of aromatic nitrogens is 2. The van der Waals surface area contributed by atoms with Gasteiger partial charge in [0.25, 0.3) is 0 Å². The van der Waals surface area contributed by atoms with E-state index in [0.717, 1.165) is 60.9 Å². The van der Waals surface area contributed by atoms with E-state index in [9.17, 15) is 0 Å². The monoisotopic (exact) mass is 376 g/mol. The van der Waals surface area contributed by atoms with Crippen LogP contribution in [0.2, 0.25) is 0 Å². The fraction of sp³-hybridized carbons (Fsp3) is 0.304. The molecular formula is C23H28N4O. The summed E-state index contributed by atoms with van der Waals surface area (Å²) < 4.78 is 5.10. The number of nitrogens with zero attached hydrogens (tertiary/aromatic N) is 3. The Morgan fingerprint density at radius 1 is 1.25 bits per heavy atom. The minimum absolute atomic E-state index is 0.748. The van der Waals surface area contributed by atoms with Gasteiger partial charge in [-0.3, -0.25) is 4.99 Å². The maximum atomic E-state index is 5.10. The average molecular weight is 377 g/mol. The van der Waals surface area contributed by atoms with Crippen LogP contribution in [0.1, 0.15) is 11.4 Å². The van der Waals surface area contributed by atoms with Crippen LogP contribution in [0.15, 0.2) is 71.9 Å². The molecule has 5 nitrogen and oxygen atoms in total. The maximum absolute atomic E-state index is 5.10. The molecule has 2 heterocycles.